The Morgan fingerprint density at radius 1 is 1.24 bits per heavy atom. The molecule has 2 aliphatic heterocycles. The Morgan fingerprint density at radius 3 is 3.00 bits per heavy atom. The lowest BCUT2D eigenvalue weighted by molar-refractivity contribution is 0.280. The summed E-state index contributed by atoms with van der Waals surface area (Å²) in [5.74, 6) is 0. The first-order valence-corrected chi connectivity index (χ1v) is 9.95. The SMILES string of the molecule is Cc1cnc(-c2c[nH]c3nccc(N4CC[C@]5(CCCCN5)C4)c23)s1. The summed E-state index contributed by atoms with van der Waals surface area (Å²) in [5, 5.41) is 6.09. The van der Waals surface area contributed by atoms with E-state index in [2.05, 4.69) is 44.4 Å². The van der Waals surface area contributed by atoms with Gasteiger partial charge in [-0.2, -0.15) is 0 Å². The lowest BCUT2D eigenvalue weighted by Gasteiger charge is -2.35. The number of pyridine rings is 1. The topological polar surface area (TPSA) is 56.8 Å². The molecular formula is C19H23N5S. The van der Waals surface area contributed by atoms with Gasteiger partial charge in [0.2, 0.25) is 0 Å². The van der Waals surface area contributed by atoms with E-state index in [9.17, 15) is 0 Å². The number of fused-ring (bicyclic) bond motifs is 1. The van der Waals surface area contributed by atoms with Gasteiger partial charge in [0.25, 0.3) is 0 Å². The van der Waals surface area contributed by atoms with Gasteiger partial charge in [0.05, 0.1) is 11.1 Å². The molecule has 0 aromatic carbocycles. The molecule has 0 aliphatic carbocycles. The fraction of sp³-hybridized carbons (Fsp3) is 0.474. The van der Waals surface area contributed by atoms with Crippen molar-refractivity contribution in [2.24, 2.45) is 0 Å². The molecule has 0 saturated carbocycles. The van der Waals surface area contributed by atoms with Gasteiger partial charge >= 0.3 is 0 Å². The van der Waals surface area contributed by atoms with Crippen molar-refractivity contribution in [3.8, 4) is 10.6 Å². The largest absolute Gasteiger partial charge is 0.369 e. The van der Waals surface area contributed by atoms with Crippen molar-refractivity contribution in [3.05, 3.63) is 29.5 Å². The average molecular weight is 353 g/mol. The first-order chi connectivity index (χ1) is 12.2. The van der Waals surface area contributed by atoms with E-state index in [-0.39, 0.29) is 0 Å². The van der Waals surface area contributed by atoms with E-state index in [1.54, 1.807) is 11.3 Å². The predicted molar refractivity (Wildman–Crippen MR) is 103 cm³/mol. The molecule has 1 atom stereocenters. The highest BCUT2D eigenvalue weighted by atomic mass is 32.1. The molecular weight excluding hydrogens is 330 g/mol. The third kappa shape index (κ3) is 2.55. The smallest absolute Gasteiger partial charge is 0.140 e. The average Bonchev–Trinajstić information content (AvgIpc) is 3.34. The fourth-order valence-electron chi connectivity index (χ4n) is 4.41. The highest BCUT2D eigenvalue weighted by molar-refractivity contribution is 7.15. The molecule has 6 heteroatoms. The summed E-state index contributed by atoms with van der Waals surface area (Å²) in [6.07, 6.45) is 11.1. The molecule has 5 nitrogen and oxygen atoms in total. The molecule has 0 amide bonds. The Bertz CT molecular complexity index is 906. The van der Waals surface area contributed by atoms with E-state index < -0.39 is 0 Å². The Kier molecular flexibility index (Phi) is 3.57. The van der Waals surface area contributed by atoms with Crippen LogP contribution in [0.15, 0.2) is 24.7 Å². The van der Waals surface area contributed by atoms with E-state index in [0.717, 1.165) is 30.3 Å². The molecule has 5 rings (SSSR count). The predicted octanol–water partition coefficient (Wildman–Crippen LogP) is 3.72. The number of rotatable bonds is 2. The number of thiazole rings is 1. The van der Waals surface area contributed by atoms with E-state index in [0.29, 0.717) is 5.54 Å². The van der Waals surface area contributed by atoms with Gasteiger partial charge < -0.3 is 15.2 Å². The normalized spacial score (nSPS) is 23.8. The van der Waals surface area contributed by atoms with Crippen LogP contribution >= 0.6 is 11.3 Å². The highest BCUT2D eigenvalue weighted by Gasteiger charge is 2.39. The van der Waals surface area contributed by atoms with Crippen LogP contribution in [0.2, 0.25) is 0 Å². The summed E-state index contributed by atoms with van der Waals surface area (Å²) in [5.41, 5.74) is 3.73. The number of hydrogen-bond acceptors (Lipinski definition) is 5. The third-order valence-electron chi connectivity index (χ3n) is 5.68. The van der Waals surface area contributed by atoms with Crippen LogP contribution in [0.5, 0.6) is 0 Å². The highest BCUT2D eigenvalue weighted by Crippen LogP contribution is 2.40. The molecule has 25 heavy (non-hydrogen) atoms. The van der Waals surface area contributed by atoms with Gasteiger partial charge in [0.1, 0.15) is 10.7 Å². The first-order valence-electron chi connectivity index (χ1n) is 9.13. The van der Waals surface area contributed by atoms with Crippen LogP contribution in [0.3, 0.4) is 0 Å². The molecule has 130 valence electrons. The van der Waals surface area contributed by atoms with Crippen LogP contribution in [-0.4, -0.2) is 40.1 Å². The van der Waals surface area contributed by atoms with Crippen molar-refractivity contribution in [1.82, 2.24) is 20.3 Å². The van der Waals surface area contributed by atoms with Crippen molar-refractivity contribution < 1.29 is 0 Å². The van der Waals surface area contributed by atoms with E-state index >= 15 is 0 Å². The van der Waals surface area contributed by atoms with E-state index in [1.807, 2.05) is 12.4 Å². The van der Waals surface area contributed by atoms with Crippen molar-refractivity contribution in [2.45, 2.75) is 38.1 Å². The number of nitrogens with zero attached hydrogens (tertiary/aromatic N) is 3. The minimum atomic E-state index is 0.308. The van der Waals surface area contributed by atoms with Crippen LogP contribution in [-0.2, 0) is 0 Å². The standard InChI is InChI=1S/C19H23N5S/c1-13-10-22-18(25-13)14-11-21-17-16(14)15(4-8-20-17)24-9-6-19(12-24)5-2-3-7-23-19/h4,8,10-11,23H,2-3,5-7,9,12H2,1H3,(H,20,21)/t19-/m1/s1. The van der Waals surface area contributed by atoms with E-state index in [1.165, 1.54) is 47.2 Å². The first kappa shape index (κ1) is 15.3. The molecule has 1 spiro atoms. The molecule has 0 radical (unpaired) electrons. The van der Waals surface area contributed by atoms with Crippen LogP contribution in [0.4, 0.5) is 5.69 Å². The number of H-pyrrole nitrogens is 1. The summed E-state index contributed by atoms with van der Waals surface area (Å²) in [6, 6.07) is 2.17. The number of piperidine rings is 1. The molecule has 0 unspecified atom stereocenters. The monoisotopic (exact) mass is 353 g/mol. The minimum Gasteiger partial charge on any atom is -0.369 e. The number of hydrogen-bond donors (Lipinski definition) is 2. The Labute approximate surface area is 151 Å². The second-order valence-electron chi connectivity index (χ2n) is 7.37. The lowest BCUT2D eigenvalue weighted by Crippen LogP contribution is -2.50. The summed E-state index contributed by atoms with van der Waals surface area (Å²) in [6.45, 7) is 5.46. The molecule has 3 aromatic heterocycles. The van der Waals surface area contributed by atoms with Gasteiger partial charge in [0.15, 0.2) is 0 Å². The zero-order valence-electron chi connectivity index (χ0n) is 14.5. The maximum absolute atomic E-state index is 4.60. The maximum atomic E-state index is 4.60. The Morgan fingerprint density at radius 2 is 2.20 bits per heavy atom. The maximum Gasteiger partial charge on any atom is 0.140 e. The molecule has 0 bridgehead atoms. The number of aromatic amines is 1. The summed E-state index contributed by atoms with van der Waals surface area (Å²) < 4.78 is 0. The van der Waals surface area contributed by atoms with Crippen LogP contribution in [0.25, 0.3) is 21.6 Å². The van der Waals surface area contributed by atoms with Crippen molar-refractivity contribution in [1.29, 1.82) is 0 Å². The van der Waals surface area contributed by atoms with Gasteiger partial charge in [0, 0.05) is 47.7 Å². The summed E-state index contributed by atoms with van der Waals surface area (Å²) in [4.78, 5) is 16.3. The molecule has 3 aromatic rings. The molecule has 2 aliphatic rings. The molecule has 2 fully saturated rings. The Balaban J connectivity index is 1.56. The van der Waals surface area contributed by atoms with Gasteiger partial charge in [-0.1, -0.05) is 6.42 Å². The van der Waals surface area contributed by atoms with Crippen LogP contribution in [0.1, 0.15) is 30.6 Å². The second kappa shape index (κ2) is 5.81. The quantitative estimate of drug-likeness (QED) is 0.737. The van der Waals surface area contributed by atoms with Gasteiger partial charge in [-0.3, -0.25) is 0 Å². The zero-order valence-corrected chi connectivity index (χ0v) is 15.3. The van der Waals surface area contributed by atoms with Crippen LogP contribution in [0, 0.1) is 6.92 Å². The van der Waals surface area contributed by atoms with Gasteiger partial charge in [-0.15, -0.1) is 11.3 Å². The van der Waals surface area contributed by atoms with Gasteiger partial charge in [-0.05, 0) is 38.8 Å². The third-order valence-corrected chi connectivity index (χ3v) is 6.63. The number of aromatic nitrogens is 3. The van der Waals surface area contributed by atoms with Crippen molar-refractivity contribution >= 4 is 28.1 Å². The van der Waals surface area contributed by atoms with Crippen molar-refractivity contribution in [2.75, 3.05) is 24.5 Å². The zero-order chi connectivity index (χ0) is 16.9. The lowest BCUT2D eigenvalue weighted by atomic mass is 9.88. The Hall–Kier alpha value is -1.92. The molecule has 2 N–H and O–H groups in total. The minimum absolute atomic E-state index is 0.308. The number of aryl methyl sites for hydroxylation is 1. The van der Waals surface area contributed by atoms with E-state index in [4.69, 9.17) is 0 Å². The number of anilines is 1. The summed E-state index contributed by atoms with van der Waals surface area (Å²) >= 11 is 1.74. The fourth-order valence-corrected chi connectivity index (χ4v) is 5.19. The van der Waals surface area contributed by atoms with Crippen molar-refractivity contribution in [3.63, 3.8) is 0 Å². The van der Waals surface area contributed by atoms with Crippen LogP contribution < -0.4 is 10.2 Å². The number of nitrogens with one attached hydrogen (secondary N) is 2. The summed E-state index contributed by atoms with van der Waals surface area (Å²) in [7, 11) is 0. The molecule has 2 saturated heterocycles. The second-order valence-corrected chi connectivity index (χ2v) is 8.60. The molecule has 5 heterocycles. The van der Waals surface area contributed by atoms with Gasteiger partial charge in [-0.25, -0.2) is 9.97 Å².